The molecule has 1 atom stereocenters. The molecule has 0 saturated carbocycles. The number of benzene rings is 2. The molecule has 0 amide bonds. The van der Waals surface area contributed by atoms with E-state index in [4.69, 9.17) is 4.74 Å². The average molecular weight is 412 g/mol. The van der Waals surface area contributed by atoms with Crippen LogP contribution in [0.1, 0.15) is 49.7 Å². The highest BCUT2D eigenvalue weighted by Crippen LogP contribution is 2.27. The molecule has 0 aliphatic carbocycles. The van der Waals surface area contributed by atoms with Crippen LogP contribution in [0.4, 0.5) is 4.39 Å². The van der Waals surface area contributed by atoms with Crippen LogP contribution in [0.15, 0.2) is 66.3 Å². The third kappa shape index (κ3) is 5.48. The maximum Gasteiger partial charge on any atom is 0.191 e. The molecular formula is C23H26FN3OS. The van der Waals surface area contributed by atoms with Gasteiger partial charge in [-0.2, -0.15) is 0 Å². The monoisotopic (exact) mass is 411 g/mol. The van der Waals surface area contributed by atoms with Crippen molar-refractivity contribution < 1.29 is 9.13 Å². The highest BCUT2D eigenvalue weighted by molar-refractivity contribution is 7.98. The van der Waals surface area contributed by atoms with Gasteiger partial charge in [-0.25, -0.2) is 4.39 Å². The van der Waals surface area contributed by atoms with Gasteiger partial charge < -0.3 is 4.74 Å². The second-order valence-electron chi connectivity index (χ2n) is 7.14. The molecule has 0 bridgehead atoms. The first-order chi connectivity index (χ1) is 14.0. The number of rotatable bonds is 9. The van der Waals surface area contributed by atoms with Gasteiger partial charge in [-0.3, -0.25) is 4.57 Å². The van der Waals surface area contributed by atoms with Crippen molar-refractivity contribution in [3.05, 3.63) is 84.0 Å². The lowest BCUT2D eigenvalue weighted by Gasteiger charge is -2.16. The Labute approximate surface area is 175 Å². The zero-order valence-electron chi connectivity index (χ0n) is 17.0. The highest BCUT2D eigenvalue weighted by Gasteiger charge is 2.19. The van der Waals surface area contributed by atoms with Crippen LogP contribution >= 0.6 is 11.8 Å². The first-order valence-electron chi connectivity index (χ1n) is 9.65. The van der Waals surface area contributed by atoms with Crippen molar-refractivity contribution in [2.24, 2.45) is 0 Å². The van der Waals surface area contributed by atoms with Gasteiger partial charge in [0.1, 0.15) is 11.6 Å². The van der Waals surface area contributed by atoms with E-state index in [0.29, 0.717) is 18.2 Å². The molecule has 0 aliphatic rings. The highest BCUT2D eigenvalue weighted by atomic mass is 32.2. The van der Waals surface area contributed by atoms with Crippen LogP contribution < -0.4 is 4.74 Å². The van der Waals surface area contributed by atoms with Gasteiger partial charge in [0.25, 0.3) is 0 Å². The first-order valence-corrected chi connectivity index (χ1v) is 10.6. The molecule has 0 radical (unpaired) electrons. The van der Waals surface area contributed by atoms with Crippen molar-refractivity contribution in [3.63, 3.8) is 0 Å². The molecule has 0 spiro atoms. The smallest absolute Gasteiger partial charge is 0.191 e. The maximum atomic E-state index is 13.1. The zero-order valence-corrected chi connectivity index (χ0v) is 17.8. The number of allylic oxidation sites excluding steroid dienone is 1. The number of aromatic nitrogens is 3. The molecule has 3 rings (SSSR count). The minimum Gasteiger partial charge on any atom is -0.483 e. The number of hydrogen-bond donors (Lipinski definition) is 0. The molecule has 0 N–H and O–H groups in total. The summed E-state index contributed by atoms with van der Waals surface area (Å²) in [5, 5.41) is 9.49. The van der Waals surface area contributed by atoms with Crippen molar-refractivity contribution in [1.82, 2.24) is 14.8 Å². The number of thioether (sulfide) groups is 1. The number of ether oxygens (including phenoxy) is 1. The normalized spacial score (nSPS) is 12.2. The summed E-state index contributed by atoms with van der Waals surface area (Å²) in [6.45, 7) is 10.7. The molecule has 0 saturated heterocycles. The number of nitrogens with zero attached hydrogens (tertiary/aromatic N) is 3. The zero-order chi connectivity index (χ0) is 20.8. The molecule has 0 aliphatic heterocycles. The average Bonchev–Trinajstić information content (AvgIpc) is 3.11. The Morgan fingerprint density at radius 2 is 1.76 bits per heavy atom. The van der Waals surface area contributed by atoms with Crippen molar-refractivity contribution in [1.29, 1.82) is 0 Å². The molecule has 0 fully saturated rings. The molecule has 1 aromatic heterocycles. The molecule has 3 aromatic rings. The Kier molecular flexibility index (Phi) is 7.09. The topological polar surface area (TPSA) is 39.9 Å². The fourth-order valence-corrected chi connectivity index (χ4v) is 3.84. The Hall–Kier alpha value is -2.60. The van der Waals surface area contributed by atoms with Crippen molar-refractivity contribution >= 4 is 11.8 Å². The molecule has 6 heteroatoms. The Morgan fingerprint density at radius 1 is 1.07 bits per heavy atom. The van der Waals surface area contributed by atoms with Gasteiger partial charge in [0.2, 0.25) is 0 Å². The van der Waals surface area contributed by atoms with Crippen LogP contribution in [0.25, 0.3) is 0 Å². The lowest BCUT2D eigenvalue weighted by Crippen LogP contribution is -2.12. The number of halogens is 1. The minimum absolute atomic E-state index is 0.233. The molecule has 29 heavy (non-hydrogen) atoms. The maximum absolute atomic E-state index is 13.1. The summed E-state index contributed by atoms with van der Waals surface area (Å²) >= 11 is 1.56. The van der Waals surface area contributed by atoms with Crippen LogP contribution in [0.5, 0.6) is 5.75 Å². The predicted molar refractivity (Wildman–Crippen MR) is 116 cm³/mol. The molecule has 152 valence electrons. The standard InChI is InChI=1S/C23H26FN3OS/c1-5-14-27-22(17(4)28-21-12-8-19(9-13-21)16(2)3)25-26-23(27)29-15-18-6-10-20(24)11-7-18/h5-13,16-17H,1,14-15H2,2-4H3. The van der Waals surface area contributed by atoms with E-state index in [1.807, 2.05) is 29.7 Å². The van der Waals surface area contributed by atoms with E-state index >= 15 is 0 Å². The third-order valence-corrected chi connectivity index (χ3v) is 5.60. The van der Waals surface area contributed by atoms with Crippen LogP contribution in [0.3, 0.4) is 0 Å². The van der Waals surface area contributed by atoms with Crippen LogP contribution in [-0.2, 0) is 12.3 Å². The van der Waals surface area contributed by atoms with Gasteiger partial charge in [-0.1, -0.05) is 56.0 Å². The van der Waals surface area contributed by atoms with Gasteiger partial charge in [0, 0.05) is 12.3 Å². The summed E-state index contributed by atoms with van der Waals surface area (Å²) in [5.41, 5.74) is 2.31. The Balaban J connectivity index is 1.72. The van der Waals surface area contributed by atoms with Gasteiger partial charge in [0.05, 0.1) is 0 Å². The summed E-state index contributed by atoms with van der Waals surface area (Å²) < 4.78 is 21.2. The summed E-state index contributed by atoms with van der Waals surface area (Å²) in [6, 6.07) is 14.7. The first kappa shape index (κ1) is 21.1. The third-order valence-electron chi connectivity index (χ3n) is 4.56. The molecule has 2 aromatic carbocycles. The fourth-order valence-electron chi connectivity index (χ4n) is 2.92. The molecular weight excluding hydrogens is 385 g/mol. The summed E-state index contributed by atoms with van der Waals surface area (Å²) in [7, 11) is 0. The lowest BCUT2D eigenvalue weighted by atomic mass is 10.0. The van der Waals surface area contributed by atoms with Crippen LogP contribution in [0.2, 0.25) is 0 Å². The van der Waals surface area contributed by atoms with Crippen molar-refractivity contribution in [2.45, 2.75) is 50.2 Å². The van der Waals surface area contributed by atoms with Crippen molar-refractivity contribution in [2.75, 3.05) is 0 Å². The van der Waals surface area contributed by atoms with Gasteiger partial charge >= 0.3 is 0 Å². The van der Waals surface area contributed by atoms with Crippen LogP contribution in [-0.4, -0.2) is 14.8 Å². The van der Waals surface area contributed by atoms with E-state index in [1.54, 1.807) is 23.9 Å². The van der Waals surface area contributed by atoms with E-state index in [1.165, 1.54) is 17.7 Å². The second kappa shape index (κ2) is 9.74. The molecule has 1 unspecified atom stereocenters. The predicted octanol–water partition coefficient (Wildman–Crippen LogP) is 6.16. The van der Waals surface area contributed by atoms with E-state index in [0.717, 1.165) is 22.3 Å². The molecule has 1 heterocycles. The largest absolute Gasteiger partial charge is 0.483 e. The summed E-state index contributed by atoms with van der Waals surface area (Å²) in [5.74, 6) is 2.48. The second-order valence-corrected chi connectivity index (χ2v) is 8.08. The van der Waals surface area contributed by atoms with E-state index < -0.39 is 0 Å². The van der Waals surface area contributed by atoms with Crippen molar-refractivity contribution in [3.8, 4) is 5.75 Å². The molecule has 4 nitrogen and oxygen atoms in total. The van der Waals surface area contributed by atoms with Gasteiger partial charge in [-0.05, 0) is 48.2 Å². The fraction of sp³-hybridized carbons (Fsp3) is 0.304. The van der Waals surface area contributed by atoms with E-state index in [9.17, 15) is 4.39 Å². The van der Waals surface area contributed by atoms with Gasteiger partial charge in [0.15, 0.2) is 17.1 Å². The quantitative estimate of drug-likeness (QED) is 0.312. The van der Waals surface area contributed by atoms with E-state index in [-0.39, 0.29) is 11.9 Å². The van der Waals surface area contributed by atoms with E-state index in [2.05, 4.69) is 42.8 Å². The SMILES string of the molecule is C=CCn1c(SCc2ccc(F)cc2)nnc1C(C)Oc1ccc(C(C)C)cc1. The Morgan fingerprint density at radius 3 is 2.38 bits per heavy atom. The summed E-state index contributed by atoms with van der Waals surface area (Å²) in [4.78, 5) is 0. The minimum atomic E-state index is -0.257. The Bertz CT molecular complexity index is 936. The summed E-state index contributed by atoms with van der Waals surface area (Å²) in [6.07, 6.45) is 1.56. The number of hydrogen-bond acceptors (Lipinski definition) is 4. The lowest BCUT2D eigenvalue weighted by molar-refractivity contribution is 0.210. The van der Waals surface area contributed by atoms with Crippen LogP contribution in [0, 0.1) is 5.82 Å². The van der Waals surface area contributed by atoms with Gasteiger partial charge in [-0.15, -0.1) is 16.8 Å².